The highest BCUT2D eigenvalue weighted by molar-refractivity contribution is 9.10. The van der Waals surface area contributed by atoms with Crippen LogP contribution in [0.15, 0.2) is 28.7 Å². The van der Waals surface area contributed by atoms with Crippen LogP contribution in [0.2, 0.25) is 0 Å². The Bertz CT molecular complexity index is 304. The molecule has 0 saturated carbocycles. The van der Waals surface area contributed by atoms with Crippen molar-refractivity contribution in [3.8, 4) is 0 Å². The van der Waals surface area contributed by atoms with Crippen LogP contribution in [0.4, 0.5) is 0 Å². The molecule has 1 rings (SSSR count). The second-order valence-electron chi connectivity index (χ2n) is 4.10. The van der Waals surface area contributed by atoms with E-state index in [2.05, 4.69) is 34.2 Å². The summed E-state index contributed by atoms with van der Waals surface area (Å²) in [6.45, 7) is 5.72. The molecule has 0 amide bonds. The number of rotatable bonds is 9. The van der Waals surface area contributed by atoms with Gasteiger partial charge in [0, 0.05) is 11.0 Å². The molecule has 0 bridgehead atoms. The molecule has 3 heteroatoms. The average Bonchev–Trinajstić information content (AvgIpc) is 2.35. The van der Waals surface area contributed by atoms with Gasteiger partial charge in [-0.15, -0.1) is 0 Å². The third kappa shape index (κ3) is 6.81. The van der Waals surface area contributed by atoms with Crippen molar-refractivity contribution in [3.63, 3.8) is 0 Å². The second-order valence-corrected chi connectivity index (χ2v) is 4.96. The van der Waals surface area contributed by atoms with E-state index in [1.807, 2.05) is 18.2 Å². The second kappa shape index (κ2) is 9.63. The fourth-order valence-corrected chi connectivity index (χ4v) is 1.97. The minimum absolute atomic E-state index is 0.679. The van der Waals surface area contributed by atoms with Gasteiger partial charge in [-0.3, -0.25) is 0 Å². The van der Waals surface area contributed by atoms with Gasteiger partial charge in [-0.25, -0.2) is 0 Å². The summed E-state index contributed by atoms with van der Waals surface area (Å²) in [6, 6.07) is 8.18. The van der Waals surface area contributed by atoms with Crippen molar-refractivity contribution in [1.29, 1.82) is 0 Å². The van der Waals surface area contributed by atoms with E-state index >= 15 is 0 Å². The lowest BCUT2D eigenvalue weighted by molar-refractivity contribution is 0.122. The first-order valence-corrected chi connectivity index (χ1v) is 7.15. The molecule has 0 saturated heterocycles. The van der Waals surface area contributed by atoms with Crippen LogP contribution in [0.1, 0.15) is 31.7 Å². The van der Waals surface area contributed by atoms with Gasteiger partial charge in [0.25, 0.3) is 0 Å². The van der Waals surface area contributed by atoms with Crippen molar-refractivity contribution < 1.29 is 4.74 Å². The van der Waals surface area contributed by atoms with Crippen molar-refractivity contribution in [1.82, 2.24) is 5.32 Å². The molecule has 0 radical (unpaired) electrons. The van der Waals surface area contributed by atoms with E-state index in [0.717, 1.165) is 24.2 Å². The molecular weight excluding hydrogens is 278 g/mol. The van der Waals surface area contributed by atoms with Gasteiger partial charge in [-0.2, -0.15) is 0 Å². The lowest BCUT2D eigenvalue weighted by Gasteiger charge is -2.07. The third-order valence-electron chi connectivity index (χ3n) is 2.60. The molecular formula is C14H22BrNO. The first-order chi connectivity index (χ1) is 8.34. The lowest BCUT2D eigenvalue weighted by atomic mass is 10.2. The van der Waals surface area contributed by atoms with Crippen LogP contribution in [-0.2, 0) is 11.3 Å². The van der Waals surface area contributed by atoms with E-state index in [1.54, 1.807) is 0 Å². The molecule has 17 heavy (non-hydrogen) atoms. The smallest absolute Gasteiger partial charge is 0.0728 e. The molecule has 1 N–H and O–H groups in total. The van der Waals surface area contributed by atoms with Gasteiger partial charge < -0.3 is 10.1 Å². The predicted molar refractivity (Wildman–Crippen MR) is 76.2 cm³/mol. The van der Waals surface area contributed by atoms with E-state index in [-0.39, 0.29) is 0 Å². The minimum atomic E-state index is 0.679. The van der Waals surface area contributed by atoms with E-state index in [4.69, 9.17) is 4.74 Å². The van der Waals surface area contributed by atoms with Gasteiger partial charge in [-0.1, -0.05) is 53.9 Å². The number of halogens is 1. The molecule has 0 fully saturated rings. The summed E-state index contributed by atoms with van der Waals surface area (Å²) in [6.07, 6.45) is 3.85. The van der Waals surface area contributed by atoms with E-state index in [0.29, 0.717) is 6.61 Å². The largest absolute Gasteiger partial charge is 0.375 e. The number of hydrogen-bond donors (Lipinski definition) is 1. The topological polar surface area (TPSA) is 21.3 Å². The maximum atomic E-state index is 5.61. The van der Waals surface area contributed by atoms with Gasteiger partial charge in [0.2, 0.25) is 0 Å². The summed E-state index contributed by atoms with van der Waals surface area (Å²) >= 11 is 3.51. The van der Waals surface area contributed by atoms with Crippen molar-refractivity contribution in [3.05, 3.63) is 34.3 Å². The molecule has 0 aromatic heterocycles. The number of hydrogen-bond acceptors (Lipinski definition) is 2. The molecule has 2 nitrogen and oxygen atoms in total. The van der Waals surface area contributed by atoms with Crippen LogP contribution >= 0.6 is 15.9 Å². The maximum Gasteiger partial charge on any atom is 0.0728 e. The van der Waals surface area contributed by atoms with Gasteiger partial charge >= 0.3 is 0 Å². The quantitative estimate of drug-likeness (QED) is 0.701. The third-order valence-corrected chi connectivity index (χ3v) is 3.37. The molecule has 0 spiro atoms. The molecule has 0 heterocycles. The highest BCUT2D eigenvalue weighted by Gasteiger charge is 1.97. The molecule has 96 valence electrons. The Balaban J connectivity index is 1.99. The molecule has 0 aliphatic carbocycles. The lowest BCUT2D eigenvalue weighted by Crippen LogP contribution is -2.20. The molecule has 0 atom stereocenters. The molecule has 0 aliphatic rings. The summed E-state index contributed by atoms with van der Waals surface area (Å²) in [5.41, 5.74) is 1.21. The highest BCUT2D eigenvalue weighted by atomic mass is 79.9. The Labute approximate surface area is 113 Å². The van der Waals surface area contributed by atoms with Crippen LogP contribution in [-0.4, -0.2) is 19.7 Å². The number of ether oxygens (including phenoxy) is 1. The Morgan fingerprint density at radius 3 is 2.76 bits per heavy atom. The van der Waals surface area contributed by atoms with Crippen molar-refractivity contribution in [2.24, 2.45) is 0 Å². The van der Waals surface area contributed by atoms with Crippen LogP contribution in [0, 0.1) is 0 Å². The van der Waals surface area contributed by atoms with E-state index in [1.165, 1.54) is 24.8 Å². The monoisotopic (exact) mass is 299 g/mol. The summed E-state index contributed by atoms with van der Waals surface area (Å²) < 4.78 is 6.74. The van der Waals surface area contributed by atoms with E-state index < -0.39 is 0 Å². The van der Waals surface area contributed by atoms with Gasteiger partial charge in [-0.05, 0) is 24.6 Å². The minimum Gasteiger partial charge on any atom is -0.375 e. The predicted octanol–water partition coefficient (Wildman–Crippen LogP) is 3.75. The van der Waals surface area contributed by atoms with Crippen LogP contribution < -0.4 is 5.32 Å². The molecule has 0 aliphatic heterocycles. The van der Waals surface area contributed by atoms with Crippen LogP contribution in [0.3, 0.4) is 0 Å². The van der Waals surface area contributed by atoms with E-state index in [9.17, 15) is 0 Å². The Morgan fingerprint density at radius 2 is 2.00 bits per heavy atom. The average molecular weight is 300 g/mol. The number of unbranched alkanes of at least 4 members (excludes halogenated alkanes) is 2. The Kier molecular flexibility index (Phi) is 8.32. The zero-order valence-corrected chi connectivity index (χ0v) is 12.1. The normalized spacial score (nSPS) is 10.7. The Hall–Kier alpha value is -0.380. The standard InChI is InChI=1S/C14H22BrNO/c1-2-3-6-9-16-10-11-17-12-13-7-4-5-8-14(13)15/h4-5,7-8,16H,2-3,6,9-12H2,1H3. The van der Waals surface area contributed by atoms with Crippen molar-refractivity contribution in [2.45, 2.75) is 32.8 Å². The van der Waals surface area contributed by atoms with Crippen LogP contribution in [0.5, 0.6) is 0 Å². The molecule has 1 aromatic carbocycles. The SMILES string of the molecule is CCCCCNCCOCc1ccccc1Br. The summed E-state index contributed by atoms with van der Waals surface area (Å²) in [4.78, 5) is 0. The molecule has 0 unspecified atom stereocenters. The highest BCUT2D eigenvalue weighted by Crippen LogP contribution is 2.16. The molecule has 1 aromatic rings. The van der Waals surface area contributed by atoms with Crippen LogP contribution in [0.25, 0.3) is 0 Å². The first kappa shape index (κ1) is 14.7. The Morgan fingerprint density at radius 1 is 1.18 bits per heavy atom. The maximum absolute atomic E-state index is 5.61. The zero-order valence-electron chi connectivity index (χ0n) is 10.5. The van der Waals surface area contributed by atoms with Gasteiger partial charge in [0.05, 0.1) is 13.2 Å². The van der Waals surface area contributed by atoms with Crippen molar-refractivity contribution in [2.75, 3.05) is 19.7 Å². The zero-order chi connectivity index (χ0) is 12.3. The number of benzene rings is 1. The summed E-state index contributed by atoms with van der Waals surface area (Å²) in [5.74, 6) is 0. The summed E-state index contributed by atoms with van der Waals surface area (Å²) in [7, 11) is 0. The fourth-order valence-electron chi connectivity index (χ4n) is 1.57. The fraction of sp³-hybridized carbons (Fsp3) is 0.571. The van der Waals surface area contributed by atoms with Gasteiger partial charge in [0.1, 0.15) is 0 Å². The number of nitrogens with one attached hydrogen (secondary N) is 1. The van der Waals surface area contributed by atoms with Crippen molar-refractivity contribution >= 4 is 15.9 Å². The van der Waals surface area contributed by atoms with Gasteiger partial charge in [0.15, 0.2) is 0 Å². The summed E-state index contributed by atoms with van der Waals surface area (Å²) in [5, 5.41) is 3.38. The first-order valence-electron chi connectivity index (χ1n) is 6.36.